The van der Waals surface area contributed by atoms with Crippen molar-refractivity contribution in [3.05, 3.63) is 102 Å². The van der Waals surface area contributed by atoms with Crippen LogP contribution in [-0.4, -0.2) is 37.3 Å². The van der Waals surface area contributed by atoms with Crippen molar-refractivity contribution in [3.8, 4) is 22.7 Å². The van der Waals surface area contributed by atoms with Gasteiger partial charge in [-0.05, 0) is 66.7 Å². The quantitative estimate of drug-likeness (QED) is 0.278. The summed E-state index contributed by atoms with van der Waals surface area (Å²) in [5, 5.41) is 4.64. The molecule has 0 atom stereocenters. The summed E-state index contributed by atoms with van der Waals surface area (Å²) in [7, 11) is -2.15. The van der Waals surface area contributed by atoms with E-state index < -0.39 is 9.84 Å². The highest BCUT2D eigenvalue weighted by molar-refractivity contribution is 7.90. The molecule has 0 fully saturated rings. The number of para-hydroxylation sites is 1. The number of ketones is 1. The van der Waals surface area contributed by atoms with E-state index in [0.29, 0.717) is 16.8 Å². The zero-order chi connectivity index (χ0) is 24.3. The summed E-state index contributed by atoms with van der Waals surface area (Å²) in [5.74, 6) is -0.591. The third kappa shape index (κ3) is 4.97. The summed E-state index contributed by atoms with van der Waals surface area (Å²) in [5.41, 5.74) is 3.04. The van der Waals surface area contributed by atoms with E-state index in [-0.39, 0.29) is 27.8 Å². The van der Waals surface area contributed by atoms with Crippen molar-refractivity contribution in [3.63, 3.8) is 0 Å². The maximum Gasteiger partial charge on any atom is 0.185 e. The fraction of sp³-hybridized carbons (Fsp3) is 0.0769. The van der Waals surface area contributed by atoms with E-state index in [1.54, 1.807) is 29.1 Å². The molecule has 8 heteroatoms. The van der Waals surface area contributed by atoms with Gasteiger partial charge < -0.3 is 4.74 Å². The highest BCUT2D eigenvalue weighted by Gasteiger charge is 2.17. The van der Waals surface area contributed by atoms with Crippen LogP contribution < -0.4 is 4.74 Å². The number of hydrogen-bond acceptors (Lipinski definition) is 5. The highest BCUT2D eigenvalue weighted by Crippen LogP contribution is 2.27. The van der Waals surface area contributed by atoms with E-state index in [1.165, 1.54) is 43.5 Å². The van der Waals surface area contributed by atoms with Gasteiger partial charge in [-0.3, -0.25) is 4.79 Å². The molecule has 1 heterocycles. The Morgan fingerprint density at radius 1 is 1.03 bits per heavy atom. The third-order valence-electron chi connectivity index (χ3n) is 5.14. The van der Waals surface area contributed by atoms with Crippen LogP contribution in [0.25, 0.3) is 23.0 Å². The minimum absolute atomic E-state index is 0.0123. The molecule has 0 unspecified atom stereocenters. The smallest absolute Gasteiger partial charge is 0.185 e. The number of halogens is 1. The van der Waals surface area contributed by atoms with Gasteiger partial charge in [-0.15, -0.1) is 0 Å². The molecule has 0 aliphatic heterocycles. The van der Waals surface area contributed by atoms with Gasteiger partial charge >= 0.3 is 0 Å². The fourth-order valence-corrected chi connectivity index (χ4v) is 4.27. The number of aromatic nitrogens is 2. The van der Waals surface area contributed by atoms with Crippen LogP contribution >= 0.6 is 0 Å². The first-order chi connectivity index (χ1) is 16.3. The fourth-order valence-electron chi connectivity index (χ4n) is 3.44. The molecule has 0 amide bonds. The van der Waals surface area contributed by atoms with Crippen molar-refractivity contribution >= 4 is 21.7 Å². The van der Waals surface area contributed by atoms with Crippen LogP contribution in [0.4, 0.5) is 4.39 Å². The van der Waals surface area contributed by atoms with E-state index in [9.17, 15) is 17.6 Å². The summed E-state index contributed by atoms with van der Waals surface area (Å²) >= 11 is 0. The predicted octanol–water partition coefficient (Wildman–Crippen LogP) is 4.99. The van der Waals surface area contributed by atoms with E-state index in [2.05, 4.69) is 5.10 Å². The van der Waals surface area contributed by atoms with Crippen LogP contribution in [0.3, 0.4) is 0 Å². The topological polar surface area (TPSA) is 78.3 Å². The average Bonchev–Trinajstić information content (AvgIpc) is 3.27. The third-order valence-corrected chi connectivity index (χ3v) is 6.28. The first kappa shape index (κ1) is 23.1. The maximum atomic E-state index is 13.4. The molecule has 172 valence electrons. The van der Waals surface area contributed by atoms with Crippen LogP contribution in [0.5, 0.6) is 5.75 Å². The second-order valence-electron chi connectivity index (χ2n) is 7.56. The van der Waals surface area contributed by atoms with Gasteiger partial charge in [0.1, 0.15) is 16.5 Å². The number of nitrogens with zero attached hydrogens (tertiary/aromatic N) is 2. The molecule has 4 aromatic rings. The predicted molar refractivity (Wildman–Crippen MR) is 128 cm³/mol. The number of sulfone groups is 1. The van der Waals surface area contributed by atoms with E-state index in [0.717, 1.165) is 11.9 Å². The molecule has 0 saturated carbocycles. The average molecular weight is 477 g/mol. The van der Waals surface area contributed by atoms with Crippen LogP contribution in [0.1, 0.15) is 15.9 Å². The van der Waals surface area contributed by atoms with Gasteiger partial charge in [0, 0.05) is 29.1 Å². The molecule has 1 aromatic heterocycles. The molecule has 0 radical (unpaired) electrons. The van der Waals surface area contributed by atoms with Crippen molar-refractivity contribution in [2.45, 2.75) is 4.90 Å². The van der Waals surface area contributed by atoms with Gasteiger partial charge in [-0.25, -0.2) is 17.5 Å². The van der Waals surface area contributed by atoms with Gasteiger partial charge in [0.15, 0.2) is 15.6 Å². The maximum absolute atomic E-state index is 13.4. The van der Waals surface area contributed by atoms with Gasteiger partial charge in [0.25, 0.3) is 0 Å². The summed E-state index contributed by atoms with van der Waals surface area (Å²) in [6.45, 7) is 0. The second kappa shape index (κ2) is 9.44. The van der Waals surface area contributed by atoms with Gasteiger partial charge in [-0.1, -0.05) is 18.2 Å². The molecule has 4 rings (SSSR count). The van der Waals surface area contributed by atoms with E-state index in [1.807, 2.05) is 30.3 Å². The molecule has 3 aromatic carbocycles. The lowest BCUT2D eigenvalue weighted by molar-refractivity contribution is 0.104. The van der Waals surface area contributed by atoms with Crippen molar-refractivity contribution < 1.29 is 22.3 Å². The Kier molecular flexibility index (Phi) is 6.43. The molecular weight excluding hydrogens is 455 g/mol. The molecule has 6 nitrogen and oxygen atoms in total. The standard InChI is InChI=1S/C26H21FN2O4S/c1-33-24-16-19(11-15-25(24)34(2,31)32)23(30)14-10-20-17-29(22-6-4-3-5-7-22)28-26(20)18-8-12-21(27)13-9-18/h3-17H,1-2H3/b14-10+. The van der Waals surface area contributed by atoms with Crippen LogP contribution in [-0.2, 0) is 9.84 Å². The number of carbonyl (C=O) groups is 1. The molecule has 0 saturated heterocycles. The van der Waals surface area contributed by atoms with Crippen LogP contribution in [0, 0.1) is 5.82 Å². The molecule has 0 spiro atoms. The molecule has 0 N–H and O–H groups in total. The Morgan fingerprint density at radius 3 is 2.38 bits per heavy atom. The lowest BCUT2D eigenvalue weighted by Crippen LogP contribution is -2.03. The number of rotatable bonds is 7. The summed E-state index contributed by atoms with van der Waals surface area (Å²) in [4.78, 5) is 12.9. The largest absolute Gasteiger partial charge is 0.495 e. The Hall–Kier alpha value is -4.04. The molecule has 0 aliphatic carbocycles. The van der Waals surface area contributed by atoms with Crippen LogP contribution in [0.15, 0.2) is 90.0 Å². The number of allylic oxidation sites excluding steroid dienone is 1. The number of methoxy groups -OCH3 is 1. The second-order valence-corrected chi connectivity index (χ2v) is 9.54. The molecule has 34 heavy (non-hydrogen) atoms. The van der Waals surface area contributed by atoms with Crippen molar-refractivity contribution in [1.29, 1.82) is 0 Å². The van der Waals surface area contributed by atoms with Crippen molar-refractivity contribution in [1.82, 2.24) is 9.78 Å². The first-order valence-electron chi connectivity index (χ1n) is 10.3. The number of ether oxygens (including phenoxy) is 1. The number of benzene rings is 3. The van der Waals surface area contributed by atoms with Crippen LogP contribution in [0.2, 0.25) is 0 Å². The Balaban J connectivity index is 1.71. The van der Waals surface area contributed by atoms with Gasteiger partial charge in [0.2, 0.25) is 0 Å². The molecule has 0 bridgehead atoms. The Labute approximate surface area is 196 Å². The lowest BCUT2D eigenvalue weighted by atomic mass is 10.1. The monoisotopic (exact) mass is 476 g/mol. The zero-order valence-electron chi connectivity index (χ0n) is 18.5. The van der Waals surface area contributed by atoms with Crippen molar-refractivity contribution in [2.24, 2.45) is 0 Å². The summed E-state index contributed by atoms with van der Waals surface area (Å²) < 4.78 is 44.1. The normalized spacial score (nSPS) is 11.6. The number of hydrogen-bond donors (Lipinski definition) is 0. The summed E-state index contributed by atoms with van der Waals surface area (Å²) in [6, 6.07) is 19.6. The first-order valence-corrected chi connectivity index (χ1v) is 12.2. The minimum Gasteiger partial charge on any atom is -0.495 e. The minimum atomic E-state index is -3.50. The number of carbonyl (C=O) groups excluding carboxylic acids is 1. The molecular formula is C26H21FN2O4S. The molecule has 0 aliphatic rings. The highest BCUT2D eigenvalue weighted by atomic mass is 32.2. The van der Waals surface area contributed by atoms with E-state index >= 15 is 0 Å². The Morgan fingerprint density at radius 2 is 1.74 bits per heavy atom. The summed E-state index contributed by atoms with van der Waals surface area (Å²) in [6.07, 6.45) is 5.87. The lowest BCUT2D eigenvalue weighted by Gasteiger charge is -2.08. The zero-order valence-corrected chi connectivity index (χ0v) is 19.3. The SMILES string of the molecule is COc1cc(C(=O)/C=C/c2cn(-c3ccccc3)nc2-c2ccc(F)cc2)ccc1S(C)(=O)=O. The van der Waals surface area contributed by atoms with Gasteiger partial charge in [0.05, 0.1) is 18.5 Å². The van der Waals surface area contributed by atoms with Crippen molar-refractivity contribution in [2.75, 3.05) is 13.4 Å². The Bertz CT molecular complexity index is 1480. The van der Waals surface area contributed by atoms with Gasteiger partial charge in [-0.2, -0.15) is 5.10 Å². The van der Waals surface area contributed by atoms with E-state index in [4.69, 9.17) is 4.74 Å².